The number of anilines is 1. The van der Waals surface area contributed by atoms with Gasteiger partial charge in [-0.25, -0.2) is 4.79 Å². The van der Waals surface area contributed by atoms with Gasteiger partial charge in [0.05, 0.1) is 17.2 Å². The van der Waals surface area contributed by atoms with Gasteiger partial charge < -0.3 is 10.4 Å². The molecule has 1 aromatic heterocycles. The number of nitro benzene ring substituents is 1. The zero-order valence-electron chi connectivity index (χ0n) is 11.2. The molecule has 0 aliphatic rings. The molecule has 2 N–H and O–H groups in total. The summed E-state index contributed by atoms with van der Waals surface area (Å²) in [4.78, 5) is 25.4. The van der Waals surface area contributed by atoms with Gasteiger partial charge in [0.15, 0.2) is 0 Å². The number of aryl methyl sites for hydroxylation is 1. The number of nitro groups is 1. The molecule has 0 atom stereocenters. The molecular weight excluding hydrogens is 274 g/mol. The maximum Gasteiger partial charge on any atom is 0.342 e. The number of carboxylic acid groups (broad SMARTS) is 1. The Bertz CT molecular complexity index is 700. The Hall–Kier alpha value is -2.96. The van der Waals surface area contributed by atoms with Crippen molar-refractivity contribution >= 4 is 17.3 Å². The third-order valence-electron chi connectivity index (χ3n) is 2.84. The van der Waals surface area contributed by atoms with Crippen molar-refractivity contribution in [3.63, 3.8) is 0 Å². The van der Waals surface area contributed by atoms with Gasteiger partial charge in [0.2, 0.25) is 0 Å². The fourth-order valence-electron chi connectivity index (χ4n) is 1.86. The van der Waals surface area contributed by atoms with Gasteiger partial charge in [-0.05, 0) is 31.2 Å². The van der Waals surface area contributed by atoms with E-state index >= 15 is 0 Å². The number of rotatable bonds is 5. The molecule has 0 amide bonds. The van der Waals surface area contributed by atoms with Gasteiger partial charge >= 0.3 is 5.97 Å². The van der Waals surface area contributed by atoms with E-state index in [1.807, 2.05) is 25.1 Å². The Morgan fingerprint density at radius 2 is 2.14 bits per heavy atom. The predicted octanol–water partition coefficient (Wildman–Crippen LogP) is 2.61. The zero-order valence-corrected chi connectivity index (χ0v) is 11.2. The van der Waals surface area contributed by atoms with Crippen molar-refractivity contribution in [2.75, 3.05) is 5.32 Å². The smallest absolute Gasteiger partial charge is 0.342 e. The van der Waals surface area contributed by atoms with Crippen LogP contribution >= 0.6 is 0 Å². The summed E-state index contributed by atoms with van der Waals surface area (Å²) in [6, 6.07) is 9.49. The van der Waals surface area contributed by atoms with Crippen molar-refractivity contribution in [2.45, 2.75) is 13.5 Å². The summed E-state index contributed by atoms with van der Waals surface area (Å²) in [6.07, 6.45) is 0. The van der Waals surface area contributed by atoms with Crippen molar-refractivity contribution in [3.05, 3.63) is 63.5 Å². The molecule has 2 rings (SSSR count). The first kappa shape index (κ1) is 14.4. The number of benzene rings is 1. The highest BCUT2D eigenvalue weighted by atomic mass is 16.6. The molecule has 0 saturated carbocycles. The van der Waals surface area contributed by atoms with E-state index in [2.05, 4.69) is 10.3 Å². The second-order valence-corrected chi connectivity index (χ2v) is 4.42. The van der Waals surface area contributed by atoms with E-state index in [0.717, 1.165) is 11.4 Å². The van der Waals surface area contributed by atoms with Crippen molar-refractivity contribution < 1.29 is 14.8 Å². The van der Waals surface area contributed by atoms with Crippen LogP contribution in [-0.4, -0.2) is 21.0 Å². The molecule has 7 nitrogen and oxygen atoms in total. The number of aromatic carboxylic acids is 1. The molecule has 0 aliphatic carbocycles. The van der Waals surface area contributed by atoms with Crippen LogP contribution in [0.5, 0.6) is 0 Å². The first-order chi connectivity index (χ1) is 9.97. The van der Waals surface area contributed by atoms with Gasteiger partial charge in [-0.15, -0.1) is 0 Å². The number of nitrogens with zero attached hydrogens (tertiary/aromatic N) is 2. The third-order valence-corrected chi connectivity index (χ3v) is 2.84. The number of carbonyl (C=O) groups is 1. The summed E-state index contributed by atoms with van der Waals surface area (Å²) >= 11 is 0. The summed E-state index contributed by atoms with van der Waals surface area (Å²) < 4.78 is 0. The van der Waals surface area contributed by atoms with Crippen LogP contribution in [0, 0.1) is 17.0 Å². The maximum atomic E-state index is 10.9. The monoisotopic (exact) mass is 287 g/mol. The van der Waals surface area contributed by atoms with Crippen molar-refractivity contribution in [1.82, 2.24) is 4.98 Å². The zero-order chi connectivity index (χ0) is 15.4. The van der Waals surface area contributed by atoms with Crippen molar-refractivity contribution in [3.8, 4) is 0 Å². The van der Waals surface area contributed by atoms with Crippen LogP contribution in [0.4, 0.5) is 11.4 Å². The van der Waals surface area contributed by atoms with Crippen molar-refractivity contribution in [2.24, 2.45) is 0 Å². The predicted molar refractivity (Wildman–Crippen MR) is 76.4 cm³/mol. The minimum atomic E-state index is -1.33. The second-order valence-electron chi connectivity index (χ2n) is 4.42. The molecule has 0 radical (unpaired) electrons. The number of nitrogens with one attached hydrogen (secondary N) is 1. The molecule has 108 valence electrons. The van der Waals surface area contributed by atoms with Gasteiger partial charge in [-0.3, -0.25) is 15.1 Å². The normalized spacial score (nSPS) is 10.1. The number of pyridine rings is 1. The Morgan fingerprint density at radius 1 is 1.38 bits per heavy atom. The van der Waals surface area contributed by atoms with E-state index in [-0.39, 0.29) is 5.56 Å². The van der Waals surface area contributed by atoms with Crippen LogP contribution in [0.25, 0.3) is 0 Å². The topological polar surface area (TPSA) is 105 Å². The molecule has 7 heteroatoms. The number of hydrogen-bond acceptors (Lipinski definition) is 5. The molecule has 1 aromatic carbocycles. The molecule has 0 bridgehead atoms. The molecule has 2 aromatic rings. The second kappa shape index (κ2) is 6.00. The summed E-state index contributed by atoms with van der Waals surface area (Å²) in [7, 11) is 0. The van der Waals surface area contributed by atoms with E-state index in [4.69, 9.17) is 5.11 Å². The minimum Gasteiger partial charge on any atom is -0.477 e. The van der Waals surface area contributed by atoms with Crippen LogP contribution in [0.3, 0.4) is 0 Å². The molecule has 0 unspecified atom stereocenters. The van der Waals surface area contributed by atoms with E-state index in [0.29, 0.717) is 12.2 Å². The Labute approximate surface area is 120 Å². The maximum absolute atomic E-state index is 10.9. The first-order valence-corrected chi connectivity index (χ1v) is 6.15. The lowest BCUT2D eigenvalue weighted by molar-refractivity contribution is -0.385. The standard InChI is InChI=1S/C14H13N3O4/c1-9-3-2-4-11(16-9)8-15-10-5-6-12(14(18)19)13(7-10)17(20)21/h2-7,15H,8H2,1H3,(H,18,19). The van der Waals surface area contributed by atoms with E-state index in [1.54, 1.807) is 0 Å². The van der Waals surface area contributed by atoms with E-state index in [1.165, 1.54) is 18.2 Å². The van der Waals surface area contributed by atoms with Gasteiger partial charge in [0, 0.05) is 17.4 Å². The Morgan fingerprint density at radius 3 is 2.76 bits per heavy atom. The molecule has 1 heterocycles. The summed E-state index contributed by atoms with van der Waals surface area (Å²) in [5.74, 6) is -1.33. The highest BCUT2D eigenvalue weighted by Gasteiger charge is 2.19. The largest absolute Gasteiger partial charge is 0.477 e. The third kappa shape index (κ3) is 3.53. The highest BCUT2D eigenvalue weighted by Crippen LogP contribution is 2.23. The highest BCUT2D eigenvalue weighted by molar-refractivity contribution is 5.93. The molecule has 0 spiro atoms. The van der Waals surface area contributed by atoms with E-state index < -0.39 is 16.6 Å². The van der Waals surface area contributed by atoms with Gasteiger partial charge in [0.1, 0.15) is 5.56 Å². The van der Waals surface area contributed by atoms with Crippen LogP contribution in [0.1, 0.15) is 21.7 Å². The SMILES string of the molecule is Cc1cccc(CNc2ccc(C(=O)O)c([N+](=O)[O-])c2)n1. The molecule has 0 fully saturated rings. The number of aromatic nitrogens is 1. The van der Waals surface area contributed by atoms with Gasteiger partial charge in [-0.2, -0.15) is 0 Å². The van der Waals surface area contributed by atoms with Crippen LogP contribution in [0.2, 0.25) is 0 Å². The lowest BCUT2D eigenvalue weighted by Gasteiger charge is -2.07. The Balaban J connectivity index is 2.19. The van der Waals surface area contributed by atoms with Gasteiger partial charge in [0.25, 0.3) is 5.69 Å². The van der Waals surface area contributed by atoms with Crippen molar-refractivity contribution in [1.29, 1.82) is 0 Å². The minimum absolute atomic E-state index is 0.334. The summed E-state index contributed by atoms with van der Waals surface area (Å²) in [5, 5.41) is 22.8. The quantitative estimate of drug-likeness (QED) is 0.646. The number of carboxylic acids is 1. The van der Waals surface area contributed by atoms with Gasteiger partial charge in [-0.1, -0.05) is 6.07 Å². The molecule has 0 saturated heterocycles. The van der Waals surface area contributed by atoms with E-state index in [9.17, 15) is 14.9 Å². The lowest BCUT2D eigenvalue weighted by atomic mass is 10.1. The fraction of sp³-hybridized carbons (Fsp3) is 0.143. The number of hydrogen-bond donors (Lipinski definition) is 2. The van der Waals surface area contributed by atoms with Crippen LogP contribution in [-0.2, 0) is 6.54 Å². The molecule has 0 aliphatic heterocycles. The van der Waals surface area contributed by atoms with Crippen LogP contribution < -0.4 is 5.32 Å². The average Bonchev–Trinajstić information content (AvgIpc) is 2.44. The van der Waals surface area contributed by atoms with Crippen LogP contribution in [0.15, 0.2) is 36.4 Å². The summed E-state index contributed by atoms with van der Waals surface area (Å²) in [6.45, 7) is 2.27. The fourth-order valence-corrected chi connectivity index (χ4v) is 1.86. The molecular formula is C14H13N3O4. The lowest BCUT2D eigenvalue weighted by Crippen LogP contribution is -2.06. The Kier molecular flexibility index (Phi) is 4.13. The first-order valence-electron chi connectivity index (χ1n) is 6.15. The average molecular weight is 287 g/mol. The molecule has 21 heavy (non-hydrogen) atoms. The summed E-state index contributed by atoms with van der Waals surface area (Å²) in [5.41, 5.74) is 1.36.